The maximum absolute atomic E-state index is 12.4. The number of rotatable bonds is 1. The van der Waals surface area contributed by atoms with Gasteiger partial charge in [-0.3, -0.25) is 0 Å². The second kappa shape index (κ2) is 3.95. The molecule has 86 valence electrons. The first kappa shape index (κ1) is 11.8. The van der Waals surface area contributed by atoms with Gasteiger partial charge in [-0.2, -0.15) is 0 Å². The van der Waals surface area contributed by atoms with Crippen LogP contribution in [0.5, 0.6) is 0 Å². The van der Waals surface area contributed by atoms with Crippen LogP contribution in [-0.2, 0) is 0 Å². The minimum absolute atomic E-state index is 0.217. The Morgan fingerprint density at radius 1 is 1.44 bits per heavy atom. The third-order valence-corrected chi connectivity index (χ3v) is 4.27. The van der Waals surface area contributed by atoms with E-state index in [1.54, 1.807) is 13.0 Å². The van der Waals surface area contributed by atoms with Gasteiger partial charge in [0.15, 0.2) is 0 Å². The first-order chi connectivity index (χ1) is 7.38. The number of hydrogen-bond donors (Lipinski definition) is 0. The maximum atomic E-state index is 12.4. The van der Waals surface area contributed by atoms with E-state index in [0.29, 0.717) is 11.1 Å². The molecule has 0 atom stereocenters. The van der Waals surface area contributed by atoms with Gasteiger partial charge >= 0.3 is 100 Å². The van der Waals surface area contributed by atoms with Crippen molar-refractivity contribution in [1.82, 2.24) is 9.38 Å². The molecule has 0 saturated heterocycles. The number of nitrogens with zero attached hydrogens (tertiary/aromatic N) is 2. The van der Waals surface area contributed by atoms with E-state index in [2.05, 4.69) is 4.98 Å². The zero-order valence-corrected chi connectivity index (χ0v) is 10.5. The number of halogens is 4. The molecule has 0 saturated carbocycles. The van der Waals surface area contributed by atoms with Gasteiger partial charge in [0.05, 0.1) is 0 Å². The van der Waals surface area contributed by atoms with E-state index in [0.717, 1.165) is 0 Å². The van der Waals surface area contributed by atoms with Gasteiger partial charge in [0, 0.05) is 0 Å². The molecule has 0 spiro atoms. The van der Waals surface area contributed by atoms with Crippen LogP contribution in [0.25, 0.3) is 5.52 Å². The van der Waals surface area contributed by atoms with E-state index >= 15 is 0 Å². The third-order valence-electron chi connectivity index (χ3n) is 2.00. The van der Waals surface area contributed by atoms with Gasteiger partial charge in [0.1, 0.15) is 0 Å². The molecular weight excluding hydrogens is 308 g/mol. The third kappa shape index (κ3) is 2.19. The Kier molecular flexibility index (Phi) is 2.90. The second-order valence-corrected chi connectivity index (χ2v) is 5.72. The summed E-state index contributed by atoms with van der Waals surface area (Å²) < 4.78 is 38.9. The van der Waals surface area contributed by atoms with Gasteiger partial charge in [-0.15, -0.1) is 0 Å². The van der Waals surface area contributed by atoms with Gasteiger partial charge in [-0.25, -0.2) is 0 Å². The summed E-state index contributed by atoms with van der Waals surface area (Å²) in [4.78, 5) is 3.83. The first-order valence-electron chi connectivity index (χ1n) is 4.26. The molecule has 7 heteroatoms. The van der Waals surface area contributed by atoms with Crippen molar-refractivity contribution in [2.75, 3.05) is 0 Å². The van der Waals surface area contributed by atoms with Crippen LogP contribution in [0.2, 0.25) is 5.15 Å². The average molecular weight is 314 g/mol. The van der Waals surface area contributed by atoms with Crippen LogP contribution >= 0.6 is 11.6 Å². The van der Waals surface area contributed by atoms with Crippen molar-refractivity contribution in [3.63, 3.8) is 0 Å². The van der Waals surface area contributed by atoms with E-state index in [9.17, 15) is 13.2 Å². The van der Waals surface area contributed by atoms with E-state index in [-0.39, 0.29) is 9.75 Å². The van der Waals surface area contributed by atoms with Crippen molar-refractivity contribution in [3.05, 3.63) is 29.2 Å². The summed E-state index contributed by atoms with van der Waals surface area (Å²) in [5.41, 5.74) is 1.11. The Hall–Kier alpha value is -0.711. The van der Waals surface area contributed by atoms with Crippen LogP contribution in [0.15, 0.2) is 18.5 Å². The summed E-state index contributed by atoms with van der Waals surface area (Å²) >= 11 is 4.23. The van der Waals surface area contributed by atoms with Crippen molar-refractivity contribution in [1.29, 1.82) is 0 Å². The monoisotopic (exact) mass is 314 g/mol. The topological polar surface area (TPSA) is 17.3 Å². The van der Waals surface area contributed by atoms with Crippen LogP contribution in [0.4, 0.5) is 13.2 Å². The minimum atomic E-state index is -4.16. The normalized spacial score (nSPS) is 12.3. The Bertz CT molecular complexity index is 535. The quantitative estimate of drug-likeness (QED) is 0.738. The van der Waals surface area contributed by atoms with Crippen LogP contribution in [0.1, 0.15) is 5.56 Å². The van der Waals surface area contributed by atoms with Gasteiger partial charge in [0.25, 0.3) is 0 Å². The van der Waals surface area contributed by atoms with Crippen LogP contribution in [0.3, 0.4) is 0 Å². The van der Waals surface area contributed by atoms with Crippen molar-refractivity contribution in [2.45, 2.75) is 12.0 Å². The number of fused-ring (bicyclic) bond motifs is 1. The molecular formula is C9H6ClF3N2Se. The Morgan fingerprint density at radius 2 is 2.12 bits per heavy atom. The molecule has 16 heavy (non-hydrogen) atoms. The molecule has 0 aromatic carbocycles. The van der Waals surface area contributed by atoms with E-state index < -0.39 is 20.0 Å². The Morgan fingerprint density at radius 3 is 2.75 bits per heavy atom. The molecule has 2 rings (SSSR count). The summed E-state index contributed by atoms with van der Waals surface area (Å²) in [7, 11) is 0. The number of hydrogen-bond acceptors (Lipinski definition) is 1. The van der Waals surface area contributed by atoms with E-state index in [4.69, 9.17) is 11.6 Å². The Labute approximate surface area is 101 Å². The van der Waals surface area contributed by atoms with E-state index in [1.165, 1.54) is 16.8 Å². The van der Waals surface area contributed by atoms with Gasteiger partial charge in [-0.05, 0) is 0 Å². The molecule has 2 aromatic rings. The van der Waals surface area contributed by atoms with Crippen molar-refractivity contribution in [2.24, 2.45) is 0 Å². The van der Waals surface area contributed by atoms with Crippen molar-refractivity contribution >= 4 is 36.7 Å². The average Bonchev–Trinajstić information content (AvgIpc) is 2.44. The van der Waals surface area contributed by atoms with Gasteiger partial charge in [-0.1, -0.05) is 0 Å². The predicted octanol–water partition coefficient (Wildman–Crippen LogP) is 2.15. The molecule has 0 aliphatic rings. The summed E-state index contributed by atoms with van der Waals surface area (Å²) in [6.07, 6.45) is 2.89. The van der Waals surface area contributed by atoms with Gasteiger partial charge < -0.3 is 0 Å². The molecule has 0 bridgehead atoms. The molecule has 2 aromatic heterocycles. The summed E-state index contributed by atoms with van der Waals surface area (Å²) in [5, 5.41) is -3.95. The molecule has 2 nitrogen and oxygen atoms in total. The zero-order valence-electron chi connectivity index (χ0n) is 8.05. The molecule has 0 aliphatic carbocycles. The van der Waals surface area contributed by atoms with Crippen LogP contribution < -0.4 is 4.59 Å². The van der Waals surface area contributed by atoms with Crippen LogP contribution in [0, 0.1) is 6.92 Å². The summed E-state index contributed by atoms with van der Waals surface area (Å²) in [6, 6.07) is 1.62. The fraction of sp³-hybridized carbons (Fsp3) is 0.222. The number of alkyl halides is 3. The molecule has 0 amide bonds. The fourth-order valence-corrected chi connectivity index (χ4v) is 3.08. The fourth-order valence-electron chi connectivity index (χ4n) is 1.41. The SMILES string of the molecule is Cc1cc2c(Cl)nccn2c1[Se]C(F)(F)F. The van der Waals surface area contributed by atoms with Crippen molar-refractivity contribution < 1.29 is 13.2 Å². The van der Waals surface area contributed by atoms with Crippen LogP contribution in [-0.4, -0.2) is 29.4 Å². The molecule has 0 unspecified atom stereocenters. The predicted molar refractivity (Wildman–Crippen MR) is 56.4 cm³/mol. The molecule has 0 aliphatic heterocycles. The van der Waals surface area contributed by atoms with Crippen molar-refractivity contribution in [3.8, 4) is 0 Å². The van der Waals surface area contributed by atoms with Gasteiger partial charge in [0.2, 0.25) is 0 Å². The Balaban J connectivity index is 2.61. The zero-order chi connectivity index (χ0) is 11.9. The second-order valence-electron chi connectivity index (χ2n) is 3.15. The first-order valence-corrected chi connectivity index (χ1v) is 6.35. The number of aromatic nitrogens is 2. The molecule has 0 fully saturated rings. The standard InChI is InChI=1S/C9H6ClF3N2Se/c1-5-4-6-7(10)14-2-3-15(6)8(5)16-9(11,12)13/h2-4H,1H3. The molecule has 2 heterocycles. The van der Waals surface area contributed by atoms with E-state index in [1.807, 2.05) is 0 Å². The molecule has 0 N–H and O–H groups in total. The molecule has 0 radical (unpaired) electrons. The summed E-state index contributed by atoms with van der Waals surface area (Å²) in [6.45, 7) is 1.64. The number of aryl methyl sites for hydroxylation is 1. The summed E-state index contributed by atoms with van der Waals surface area (Å²) in [5.74, 6) is 0.